The summed E-state index contributed by atoms with van der Waals surface area (Å²) in [6, 6.07) is -0.675. The van der Waals surface area contributed by atoms with Crippen LogP contribution in [0.2, 0.25) is 0 Å². The summed E-state index contributed by atoms with van der Waals surface area (Å²) in [5.74, 6) is -10.8. The van der Waals surface area contributed by atoms with Crippen molar-refractivity contribution in [2.75, 3.05) is 103 Å². The number of nitrogens with one attached hydrogen (secondary N) is 2. The highest BCUT2D eigenvalue weighted by Crippen LogP contribution is 2.42. The number of hydrogen-bond acceptors (Lipinski definition) is 16. The largest absolute Gasteiger partial charge is 0.496 e. The van der Waals surface area contributed by atoms with Crippen LogP contribution in [0.1, 0.15) is 133 Å². The average Bonchev–Trinajstić information content (AvgIpc) is 0.965. The molecule has 2 bridgehead atoms. The smallest absolute Gasteiger partial charge is 0.419 e. The number of methoxy groups -OCH3 is 2. The molecule has 30 heteroatoms. The third-order valence-electron chi connectivity index (χ3n) is 21.6. The zero-order chi connectivity index (χ0) is 77.7. The van der Waals surface area contributed by atoms with Gasteiger partial charge in [0.1, 0.15) is 54.1 Å². The maximum Gasteiger partial charge on any atom is 0.419 e. The van der Waals surface area contributed by atoms with Gasteiger partial charge in [-0.25, -0.2) is 4.79 Å². The van der Waals surface area contributed by atoms with Crippen molar-refractivity contribution in [2.45, 2.75) is 203 Å². The molecule has 0 aromatic heterocycles. The van der Waals surface area contributed by atoms with Crippen LogP contribution in [-0.4, -0.2) is 285 Å². The van der Waals surface area contributed by atoms with E-state index in [1.165, 1.54) is 101 Å². The number of fused-ring (bicyclic) bond motifs is 3. The van der Waals surface area contributed by atoms with Crippen molar-refractivity contribution in [2.24, 2.45) is 11.8 Å². The molecule has 2 saturated heterocycles. The number of ether oxygens (including phenoxy) is 4. The minimum absolute atomic E-state index is 0.00667. The van der Waals surface area contributed by atoms with Crippen molar-refractivity contribution >= 4 is 70.9 Å². The van der Waals surface area contributed by atoms with E-state index in [0.29, 0.717) is 44.1 Å². The highest BCUT2D eigenvalue weighted by Gasteiger charge is 2.55. The summed E-state index contributed by atoms with van der Waals surface area (Å²) >= 11 is 0. The lowest BCUT2D eigenvalue weighted by molar-refractivity contribution is -0.190. The SMILES string of the molecule is CCO[C@@H]1C[C@H]2C(=O)OC3(CCC3)C(=O)N(C)[C@@H](C3CCCC3)C(=O)N(C)[C@H](C(=O)N(C)C)CC(=O)N(C)[C@@H]([C@@H](C)OC)C(=O)N[C@@H]([C@@H](C)CC)C(=O)N(C)CC(=O)N(C)[C@H]3C/C=C\CCN(C3=O)[C@@H](Cc3ccc(C)cc3)C(=O)N(C)CC(=O)N[C@@H](CCc3ccc(C(F)(F)F)c(OC)c3)C(=O)N2C1. The van der Waals surface area contributed by atoms with Gasteiger partial charge in [0.25, 0.3) is 5.91 Å². The van der Waals surface area contributed by atoms with Gasteiger partial charge in [0.2, 0.25) is 59.1 Å². The normalized spacial score (nSPS) is 26.5. The molecule has 1 spiro atoms. The summed E-state index contributed by atoms with van der Waals surface area (Å²) in [5.41, 5.74) is -1.12. The van der Waals surface area contributed by atoms with Gasteiger partial charge in [-0.15, -0.1) is 0 Å². The molecule has 11 atom stereocenters. The van der Waals surface area contributed by atoms with Gasteiger partial charge >= 0.3 is 12.1 Å². The van der Waals surface area contributed by atoms with Crippen LogP contribution in [-0.2, 0) is 90.8 Å². The van der Waals surface area contributed by atoms with Crippen LogP contribution in [0.25, 0.3) is 0 Å². The van der Waals surface area contributed by atoms with E-state index in [9.17, 15) is 41.9 Å². The van der Waals surface area contributed by atoms with E-state index < -0.39 is 186 Å². The first-order valence-corrected chi connectivity index (χ1v) is 36.3. The van der Waals surface area contributed by atoms with Crippen LogP contribution < -0.4 is 15.4 Å². The highest BCUT2D eigenvalue weighted by molar-refractivity contribution is 6.00. The molecule has 3 aliphatic heterocycles. The molecule has 2 saturated carbocycles. The number of alkyl halides is 3. The van der Waals surface area contributed by atoms with Gasteiger partial charge in [-0.2, -0.15) is 13.2 Å². The number of likely N-dealkylation sites (N-methyl/N-ethyl adjacent to an activating group) is 7. The fraction of sp³-hybridized carbons (Fsp3) is 0.653. The molecule has 2 aliphatic carbocycles. The number of halogens is 3. The summed E-state index contributed by atoms with van der Waals surface area (Å²) < 4.78 is 65.7. The number of rotatable bonds is 14. The van der Waals surface area contributed by atoms with Crippen molar-refractivity contribution in [1.82, 2.24) is 54.7 Å². The van der Waals surface area contributed by atoms with E-state index in [2.05, 4.69) is 10.6 Å². The fourth-order valence-corrected chi connectivity index (χ4v) is 14.8. The Morgan fingerprint density at radius 1 is 0.733 bits per heavy atom. The molecule has 7 rings (SSSR count). The molecule has 2 N–H and O–H groups in total. The maximum absolute atomic E-state index is 15.5. The van der Waals surface area contributed by atoms with Crippen LogP contribution in [0.3, 0.4) is 0 Å². The Morgan fingerprint density at radius 2 is 1.38 bits per heavy atom. The number of carbonyl (C=O) groups is 12. The Morgan fingerprint density at radius 3 is 1.97 bits per heavy atom. The van der Waals surface area contributed by atoms with E-state index in [-0.39, 0.29) is 76.6 Å². The first-order valence-electron chi connectivity index (χ1n) is 36.3. The Bertz CT molecular complexity index is 3510. The zero-order valence-electron chi connectivity index (χ0n) is 63.5. The summed E-state index contributed by atoms with van der Waals surface area (Å²) in [4.78, 5) is 191. The summed E-state index contributed by atoms with van der Waals surface area (Å²) in [6.45, 7) is 7.21. The second-order valence-corrected chi connectivity index (χ2v) is 29.0. The lowest BCUT2D eigenvalue weighted by atomic mass is 9.78. The predicted octanol–water partition coefficient (Wildman–Crippen LogP) is 4.17. The van der Waals surface area contributed by atoms with Crippen LogP contribution in [0, 0.1) is 18.8 Å². The van der Waals surface area contributed by atoms with Gasteiger partial charge in [-0.3, -0.25) is 52.7 Å². The Balaban J connectivity index is 1.34. The second-order valence-electron chi connectivity index (χ2n) is 29.0. The van der Waals surface area contributed by atoms with Gasteiger partial charge in [0.05, 0.1) is 44.4 Å². The number of benzene rings is 2. The topological polar surface area (TPSA) is 295 Å². The van der Waals surface area contributed by atoms with Gasteiger partial charge in [-0.05, 0) is 114 Å². The molecule has 2 aromatic rings. The molecule has 105 heavy (non-hydrogen) atoms. The molecule has 4 fully saturated rings. The van der Waals surface area contributed by atoms with Gasteiger partial charge in [0, 0.05) is 96.0 Å². The Kier molecular flexibility index (Phi) is 29.1. The van der Waals surface area contributed by atoms with Gasteiger partial charge in [-0.1, -0.05) is 81.2 Å². The third-order valence-corrected chi connectivity index (χ3v) is 21.6. The Labute approximate surface area is 614 Å². The van der Waals surface area contributed by atoms with Gasteiger partial charge in [0.15, 0.2) is 5.60 Å². The first kappa shape index (κ1) is 83.6. The molecule has 3 heterocycles. The number of esters is 1. The van der Waals surface area contributed by atoms with Crippen molar-refractivity contribution in [1.29, 1.82) is 0 Å². The standard InChI is InChI=1S/C75H108F3N11O16/c1-16-46(4)62-70(98)83(9)44-61(92)84(10)54-26-19-18-22-37-88(69(54)97)56(38-48-29-27-45(3)28-30-48)68(96)82(8)43-59(90)79-53(34-32-49-31-33-52(75(76,77)78)58(39-49)103-15)66(94)89-42-51(104-17-2)40-57(89)72(100)105-74(35-23-36-74)73(101)87(13)64(50-24-20-21-25-50)71(99)85(11)55(67(95)81(6)7)41-60(91)86(12)63(47(5)102-14)65(93)80-62/h18-19,27-31,33,39,46-47,50-51,53-57,62-64H,16-17,20-26,32,34-38,40-44H2,1-15H3,(H,79,90)(H,80,93)/b19-18-/t46-,47+,51+,53-,54-,55-,56-,57-,62-,63-,64-/m0/s1. The zero-order valence-corrected chi connectivity index (χ0v) is 63.5. The predicted molar refractivity (Wildman–Crippen MR) is 380 cm³/mol. The molecular weight excluding hydrogens is 1370 g/mol. The molecule has 11 amide bonds. The van der Waals surface area contributed by atoms with Crippen LogP contribution in [0.4, 0.5) is 13.2 Å². The number of nitrogens with zero attached hydrogens (tertiary/aromatic N) is 9. The third kappa shape index (κ3) is 19.9. The quantitative estimate of drug-likeness (QED) is 0.198. The second kappa shape index (κ2) is 36.6. The molecular formula is C75H108F3N11O16. The molecule has 0 unspecified atom stereocenters. The van der Waals surface area contributed by atoms with E-state index in [4.69, 9.17) is 18.9 Å². The lowest BCUT2D eigenvalue weighted by Gasteiger charge is -2.45. The molecule has 0 radical (unpaired) electrons. The monoisotopic (exact) mass is 1480 g/mol. The van der Waals surface area contributed by atoms with Crippen LogP contribution in [0.15, 0.2) is 54.6 Å². The van der Waals surface area contributed by atoms with Gasteiger partial charge < -0.3 is 73.7 Å². The average molecular weight is 1480 g/mol. The van der Waals surface area contributed by atoms with Crippen molar-refractivity contribution in [3.63, 3.8) is 0 Å². The van der Waals surface area contributed by atoms with E-state index >= 15 is 28.8 Å². The fourth-order valence-electron chi connectivity index (χ4n) is 14.8. The Hall–Kier alpha value is -8.67. The highest BCUT2D eigenvalue weighted by atomic mass is 19.4. The number of aryl methyl sites for hydroxylation is 2. The van der Waals surface area contributed by atoms with Crippen LogP contribution >= 0.6 is 0 Å². The van der Waals surface area contributed by atoms with E-state index in [1.807, 2.05) is 19.1 Å². The van der Waals surface area contributed by atoms with E-state index in [1.54, 1.807) is 45.1 Å². The number of hydrogen-bond donors (Lipinski definition) is 2. The maximum atomic E-state index is 15.5. The summed E-state index contributed by atoms with van der Waals surface area (Å²) in [7, 11) is 13.5. The lowest BCUT2D eigenvalue weighted by Crippen LogP contribution is -2.63. The van der Waals surface area contributed by atoms with Crippen molar-refractivity contribution in [3.8, 4) is 5.75 Å². The first-order chi connectivity index (χ1) is 49.5. The summed E-state index contributed by atoms with van der Waals surface area (Å²) in [6.07, 6.45) is -1.01. The molecule has 5 aliphatic rings. The van der Waals surface area contributed by atoms with Crippen LogP contribution in [0.5, 0.6) is 5.75 Å². The molecule has 580 valence electrons. The summed E-state index contributed by atoms with van der Waals surface area (Å²) in [5, 5.41) is 5.59. The van der Waals surface area contributed by atoms with E-state index in [0.717, 1.165) is 44.4 Å². The number of carbonyl (C=O) groups excluding carboxylic acids is 12. The van der Waals surface area contributed by atoms with Crippen molar-refractivity contribution in [3.05, 3.63) is 76.9 Å². The number of amides is 11. The molecule has 27 nitrogen and oxygen atoms in total. The minimum Gasteiger partial charge on any atom is -0.496 e. The molecule has 2 aromatic carbocycles. The van der Waals surface area contributed by atoms with Crippen molar-refractivity contribution < 1.29 is 89.7 Å². The minimum atomic E-state index is -4.79.